The van der Waals surface area contributed by atoms with Gasteiger partial charge in [0.15, 0.2) is 0 Å². The minimum absolute atomic E-state index is 0.0556. The fraction of sp³-hybridized carbons (Fsp3) is 0.182. The lowest BCUT2D eigenvalue weighted by Gasteiger charge is -2.17. The Morgan fingerprint density at radius 2 is 1.88 bits per heavy atom. The van der Waals surface area contributed by atoms with Crippen LogP contribution in [0.15, 0.2) is 66.9 Å². The summed E-state index contributed by atoms with van der Waals surface area (Å²) in [5.74, 6) is -0.0556. The van der Waals surface area contributed by atoms with Gasteiger partial charge in [-0.1, -0.05) is 37.3 Å². The standard InChI is InChI=1S/C22H21N3O/c1-2-16-7-9-18(10-8-16)24-19-11-13-23-20(15-19)22(26)25-14-12-17-5-3-4-6-21(17)25/h3-11,13,15H,2,12,14H2,1H3,(H,23,24). The summed E-state index contributed by atoms with van der Waals surface area (Å²) in [6, 6.07) is 20.1. The number of pyridine rings is 1. The highest BCUT2D eigenvalue weighted by molar-refractivity contribution is 6.06. The molecule has 0 bridgehead atoms. The highest BCUT2D eigenvalue weighted by atomic mass is 16.2. The Hall–Kier alpha value is -3.14. The Morgan fingerprint density at radius 1 is 1.08 bits per heavy atom. The zero-order valence-corrected chi connectivity index (χ0v) is 14.8. The van der Waals surface area contributed by atoms with Gasteiger partial charge in [-0.3, -0.25) is 9.78 Å². The first-order chi connectivity index (χ1) is 12.7. The Kier molecular flexibility index (Phi) is 4.40. The first-order valence-corrected chi connectivity index (χ1v) is 8.96. The number of benzene rings is 2. The van der Waals surface area contributed by atoms with Crippen molar-refractivity contribution in [2.45, 2.75) is 19.8 Å². The van der Waals surface area contributed by atoms with E-state index in [0.29, 0.717) is 12.2 Å². The van der Waals surface area contributed by atoms with Crippen molar-refractivity contribution < 1.29 is 4.79 Å². The van der Waals surface area contributed by atoms with Crippen LogP contribution >= 0.6 is 0 Å². The SMILES string of the molecule is CCc1ccc(Nc2ccnc(C(=O)N3CCc4ccccc43)c2)cc1. The summed E-state index contributed by atoms with van der Waals surface area (Å²) in [5, 5.41) is 3.35. The number of rotatable bonds is 4. The van der Waals surface area contributed by atoms with Gasteiger partial charge in [-0.15, -0.1) is 0 Å². The van der Waals surface area contributed by atoms with Crippen molar-refractivity contribution >= 4 is 23.0 Å². The lowest BCUT2D eigenvalue weighted by Crippen LogP contribution is -2.29. The van der Waals surface area contributed by atoms with Crippen LogP contribution in [0.3, 0.4) is 0 Å². The molecular formula is C22H21N3O. The fourth-order valence-corrected chi connectivity index (χ4v) is 3.30. The third kappa shape index (κ3) is 3.18. The summed E-state index contributed by atoms with van der Waals surface area (Å²) in [6.07, 6.45) is 3.59. The molecule has 4 nitrogen and oxygen atoms in total. The van der Waals surface area contributed by atoms with E-state index in [0.717, 1.165) is 29.9 Å². The van der Waals surface area contributed by atoms with Gasteiger partial charge in [-0.25, -0.2) is 0 Å². The van der Waals surface area contributed by atoms with Crippen molar-refractivity contribution in [1.82, 2.24) is 4.98 Å². The smallest absolute Gasteiger partial charge is 0.276 e. The predicted molar refractivity (Wildman–Crippen MR) is 105 cm³/mol. The summed E-state index contributed by atoms with van der Waals surface area (Å²) in [6.45, 7) is 2.84. The molecule has 3 aromatic rings. The third-order valence-corrected chi connectivity index (χ3v) is 4.76. The monoisotopic (exact) mass is 343 g/mol. The normalized spacial score (nSPS) is 12.7. The number of nitrogens with zero attached hydrogens (tertiary/aromatic N) is 2. The lowest BCUT2D eigenvalue weighted by molar-refractivity contribution is 0.0984. The second-order valence-corrected chi connectivity index (χ2v) is 6.44. The number of hydrogen-bond acceptors (Lipinski definition) is 3. The van der Waals surface area contributed by atoms with Crippen LogP contribution in [0.5, 0.6) is 0 Å². The van der Waals surface area contributed by atoms with Gasteiger partial charge in [0, 0.05) is 29.8 Å². The fourth-order valence-electron chi connectivity index (χ4n) is 3.30. The number of hydrogen-bond donors (Lipinski definition) is 1. The van der Waals surface area contributed by atoms with Crippen molar-refractivity contribution in [1.29, 1.82) is 0 Å². The van der Waals surface area contributed by atoms with Gasteiger partial charge in [0.1, 0.15) is 5.69 Å². The molecule has 1 aliphatic rings. The Morgan fingerprint density at radius 3 is 2.69 bits per heavy atom. The van der Waals surface area contributed by atoms with E-state index < -0.39 is 0 Å². The van der Waals surface area contributed by atoms with Crippen LogP contribution in [0.4, 0.5) is 17.1 Å². The molecular weight excluding hydrogens is 322 g/mol. The third-order valence-electron chi connectivity index (χ3n) is 4.76. The molecule has 26 heavy (non-hydrogen) atoms. The Bertz CT molecular complexity index is 934. The van der Waals surface area contributed by atoms with Crippen LogP contribution in [0, 0.1) is 0 Å². The van der Waals surface area contributed by atoms with Gasteiger partial charge in [0.25, 0.3) is 5.91 Å². The van der Waals surface area contributed by atoms with Crippen LogP contribution in [-0.4, -0.2) is 17.4 Å². The van der Waals surface area contributed by atoms with Crippen molar-refractivity contribution in [3.8, 4) is 0 Å². The zero-order chi connectivity index (χ0) is 17.9. The van der Waals surface area contributed by atoms with E-state index in [1.165, 1.54) is 11.1 Å². The van der Waals surface area contributed by atoms with Crippen LogP contribution in [0.25, 0.3) is 0 Å². The number of para-hydroxylation sites is 1. The predicted octanol–water partition coefficient (Wildman–Crippen LogP) is 4.59. The molecule has 0 atom stereocenters. The molecule has 0 saturated heterocycles. The van der Waals surface area contributed by atoms with Crippen molar-refractivity contribution in [2.24, 2.45) is 0 Å². The molecule has 0 radical (unpaired) electrons. The van der Waals surface area contributed by atoms with Crippen LogP contribution in [0.1, 0.15) is 28.5 Å². The molecule has 4 heteroatoms. The number of carbonyl (C=O) groups is 1. The van der Waals surface area contributed by atoms with Gasteiger partial charge in [0.2, 0.25) is 0 Å². The first kappa shape index (κ1) is 16.3. The van der Waals surface area contributed by atoms with Gasteiger partial charge in [0.05, 0.1) is 0 Å². The molecule has 0 aliphatic carbocycles. The summed E-state index contributed by atoms with van der Waals surface area (Å²) >= 11 is 0. The average molecular weight is 343 g/mol. The molecule has 1 aromatic heterocycles. The number of carbonyl (C=O) groups excluding carboxylic acids is 1. The summed E-state index contributed by atoms with van der Waals surface area (Å²) in [5.41, 5.74) is 5.82. The lowest BCUT2D eigenvalue weighted by atomic mass is 10.1. The molecule has 1 N–H and O–H groups in total. The maximum absolute atomic E-state index is 12.9. The van der Waals surface area contributed by atoms with E-state index in [4.69, 9.17) is 0 Å². The summed E-state index contributed by atoms with van der Waals surface area (Å²) in [4.78, 5) is 19.0. The molecule has 4 rings (SSSR count). The van der Waals surface area contributed by atoms with Crippen LogP contribution < -0.4 is 10.2 Å². The van der Waals surface area contributed by atoms with Gasteiger partial charge in [-0.05, 0) is 54.3 Å². The van der Waals surface area contributed by atoms with E-state index in [2.05, 4.69) is 47.6 Å². The second kappa shape index (κ2) is 7.00. The number of aromatic nitrogens is 1. The van der Waals surface area contributed by atoms with E-state index in [-0.39, 0.29) is 5.91 Å². The molecule has 2 aromatic carbocycles. The largest absolute Gasteiger partial charge is 0.355 e. The molecule has 0 unspecified atom stereocenters. The van der Waals surface area contributed by atoms with Crippen molar-refractivity contribution in [3.05, 3.63) is 83.7 Å². The number of nitrogens with one attached hydrogen (secondary N) is 1. The van der Waals surface area contributed by atoms with E-state index >= 15 is 0 Å². The van der Waals surface area contributed by atoms with Crippen molar-refractivity contribution in [2.75, 3.05) is 16.8 Å². The minimum atomic E-state index is -0.0556. The average Bonchev–Trinajstić information content (AvgIpc) is 3.12. The van der Waals surface area contributed by atoms with E-state index in [1.807, 2.05) is 35.2 Å². The minimum Gasteiger partial charge on any atom is -0.355 e. The molecule has 2 heterocycles. The van der Waals surface area contributed by atoms with Gasteiger partial charge >= 0.3 is 0 Å². The van der Waals surface area contributed by atoms with Gasteiger partial charge in [-0.2, -0.15) is 0 Å². The van der Waals surface area contributed by atoms with E-state index in [9.17, 15) is 4.79 Å². The number of amides is 1. The number of aryl methyl sites for hydroxylation is 1. The maximum Gasteiger partial charge on any atom is 0.276 e. The Labute approximate surface area is 153 Å². The van der Waals surface area contributed by atoms with Crippen LogP contribution in [0.2, 0.25) is 0 Å². The Balaban J connectivity index is 1.55. The molecule has 0 fully saturated rings. The number of fused-ring (bicyclic) bond motifs is 1. The highest BCUT2D eigenvalue weighted by Gasteiger charge is 2.25. The molecule has 0 spiro atoms. The van der Waals surface area contributed by atoms with Crippen molar-refractivity contribution in [3.63, 3.8) is 0 Å². The topological polar surface area (TPSA) is 45.2 Å². The molecule has 0 saturated carbocycles. The molecule has 130 valence electrons. The van der Waals surface area contributed by atoms with Crippen LogP contribution in [-0.2, 0) is 12.8 Å². The summed E-state index contributed by atoms with van der Waals surface area (Å²) < 4.78 is 0. The first-order valence-electron chi connectivity index (χ1n) is 8.96. The highest BCUT2D eigenvalue weighted by Crippen LogP contribution is 2.29. The maximum atomic E-state index is 12.9. The van der Waals surface area contributed by atoms with E-state index in [1.54, 1.807) is 6.20 Å². The molecule has 1 amide bonds. The zero-order valence-electron chi connectivity index (χ0n) is 14.8. The second-order valence-electron chi connectivity index (χ2n) is 6.44. The summed E-state index contributed by atoms with van der Waals surface area (Å²) in [7, 11) is 0. The number of anilines is 3. The van der Waals surface area contributed by atoms with Gasteiger partial charge < -0.3 is 10.2 Å². The molecule has 1 aliphatic heterocycles. The quantitative estimate of drug-likeness (QED) is 0.753.